The van der Waals surface area contributed by atoms with Gasteiger partial charge in [-0.2, -0.15) is 0 Å². The van der Waals surface area contributed by atoms with Crippen LogP contribution in [0.2, 0.25) is 0 Å². The van der Waals surface area contributed by atoms with Crippen molar-refractivity contribution in [1.29, 1.82) is 0 Å². The fraction of sp³-hybridized carbons (Fsp3) is 0.133. The summed E-state index contributed by atoms with van der Waals surface area (Å²) in [7, 11) is 0. The van der Waals surface area contributed by atoms with Crippen molar-refractivity contribution in [2.45, 2.75) is 6.42 Å². The maximum Gasteiger partial charge on any atom is 0.164 e. The summed E-state index contributed by atoms with van der Waals surface area (Å²) in [5.74, 6) is 1.55. The second-order valence-corrected chi connectivity index (χ2v) is 3.90. The Labute approximate surface area is 106 Å². The molecule has 2 N–H and O–H groups in total. The molecule has 0 saturated heterocycles. The van der Waals surface area contributed by atoms with Crippen molar-refractivity contribution < 1.29 is 9.53 Å². The van der Waals surface area contributed by atoms with Crippen LogP contribution in [0.15, 0.2) is 54.6 Å². The maximum atomic E-state index is 11.6. The van der Waals surface area contributed by atoms with E-state index in [-0.39, 0.29) is 5.78 Å². The van der Waals surface area contributed by atoms with E-state index in [9.17, 15) is 4.79 Å². The van der Waals surface area contributed by atoms with Crippen molar-refractivity contribution >= 4 is 5.78 Å². The van der Waals surface area contributed by atoms with E-state index < -0.39 is 0 Å². The van der Waals surface area contributed by atoms with Crippen LogP contribution in [0.25, 0.3) is 0 Å². The number of carbonyl (C=O) groups excluding carboxylic acids is 1. The maximum absolute atomic E-state index is 11.6. The molecule has 0 spiro atoms. The summed E-state index contributed by atoms with van der Waals surface area (Å²) >= 11 is 0. The molecule has 0 aliphatic heterocycles. The van der Waals surface area contributed by atoms with Crippen LogP contribution >= 0.6 is 0 Å². The number of hydrogen-bond acceptors (Lipinski definition) is 3. The van der Waals surface area contributed by atoms with E-state index >= 15 is 0 Å². The molecule has 0 heterocycles. The highest BCUT2D eigenvalue weighted by Crippen LogP contribution is 2.21. The quantitative estimate of drug-likeness (QED) is 0.819. The first-order valence-electron chi connectivity index (χ1n) is 5.86. The van der Waals surface area contributed by atoms with Gasteiger partial charge in [-0.3, -0.25) is 4.79 Å². The van der Waals surface area contributed by atoms with E-state index in [0.29, 0.717) is 24.3 Å². The van der Waals surface area contributed by atoms with Crippen LogP contribution in [-0.4, -0.2) is 12.3 Å². The van der Waals surface area contributed by atoms with Gasteiger partial charge in [0.1, 0.15) is 11.5 Å². The van der Waals surface area contributed by atoms with E-state index in [2.05, 4.69) is 0 Å². The minimum Gasteiger partial charge on any atom is -0.457 e. The first kappa shape index (κ1) is 12.3. The number of para-hydroxylation sites is 1. The molecule has 18 heavy (non-hydrogen) atoms. The van der Waals surface area contributed by atoms with E-state index in [1.807, 2.05) is 30.3 Å². The molecular formula is C15H15NO2. The molecule has 0 saturated carbocycles. The molecule has 3 nitrogen and oxygen atoms in total. The first-order valence-corrected chi connectivity index (χ1v) is 5.86. The molecule has 0 bridgehead atoms. The number of rotatable bonds is 5. The molecule has 0 atom stereocenters. The lowest BCUT2D eigenvalue weighted by Gasteiger charge is -2.06. The Hall–Kier alpha value is -2.13. The van der Waals surface area contributed by atoms with Gasteiger partial charge >= 0.3 is 0 Å². The second kappa shape index (κ2) is 5.98. The Morgan fingerprint density at radius 1 is 0.944 bits per heavy atom. The third-order valence-electron chi connectivity index (χ3n) is 2.53. The van der Waals surface area contributed by atoms with Gasteiger partial charge in [-0.1, -0.05) is 18.2 Å². The molecule has 2 aromatic carbocycles. The lowest BCUT2D eigenvalue weighted by molar-refractivity contribution is 0.0985. The summed E-state index contributed by atoms with van der Waals surface area (Å²) in [6, 6.07) is 16.6. The van der Waals surface area contributed by atoms with Crippen LogP contribution in [0.4, 0.5) is 0 Å². The van der Waals surface area contributed by atoms with Gasteiger partial charge in [-0.05, 0) is 42.9 Å². The Kier molecular flexibility index (Phi) is 4.10. The number of hydrogen-bond donors (Lipinski definition) is 1. The Morgan fingerprint density at radius 2 is 1.56 bits per heavy atom. The van der Waals surface area contributed by atoms with Gasteiger partial charge in [-0.25, -0.2) is 0 Å². The number of benzene rings is 2. The van der Waals surface area contributed by atoms with Crippen LogP contribution in [0.5, 0.6) is 11.5 Å². The molecule has 2 rings (SSSR count). The van der Waals surface area contributed by atoms with Gasteiger partial charge in [0, 0.05) is 12.0 Å². The second-order valence-electron chi connectivity index (χ2n) is 3.90. The topological polar surface area (TPSA) is 52.3 Å². The van der Waals surface area contributed by atoms with E-state index in [0.717, 1.165) is 5.75 Å². The predicted molar refractivity (Wildman–Crippen MR) is 71.0 cm³/mol. The summed E-state index contributed by atoms with van der Waals surface area (Å²) in [6.45, 7) is 0.376. The molecule has 2 aromatic rings. The van der Waals surface area contributed by atoms with Crippen molar-refractivity contribution in [2.75, 3.05) is 6.54 Å². The summed E-state index contributed by atoms with van der Waals surface area (Å²) in [4.78, 5) is 11.6. The van der Waals surface area contributed by atoms with Crippen molar-refractivity contribution in [1.82, 2.24) is 0 Å². The normalized spacial score (nSPS) is 10.1. The third-order valence-corrected chi connectivity index (χ3v) is 2.53. The highest BCUT2D eigenvalue weighted by atomic mass is 16.5. The Bertz CT molecular complexity index is 506. The van der Waals surface area contributed by atoms with Crippen molar-refractivity contribution in [3.05, 3.63) is 60.2 Å². The molecule has 0 fully saturated rings. The third kappa shape index (κ3) is 3.18. The number of ketones is 1. The van der Waals surface area contributed by atoms with Gasteiger partial charge in [0.2, 0.25) is 0 Å². The molecule has 92 valence electrons. The molecule has 3 heteroatoms. The highest BCUT2D eigenvalue weighted by Gasteiger charge is 2.04. The zero-order chi connectivity index (χ0) is 12.8. The number of nitrogens with two attached hydrogens (primary N) is 1. The number of Topliss-reactive ketones (excluding diaryl/α,β-unsaturated/α-hetero) is 1. The van der Waals surface area contributed by atoms with E-state index in [4.69, 9.17) is 10.5 Å². The molecule has 0 amide bonds. The molecule has 0 aliphatic rings. The van der Waals surface area contributed by atoms with Crippen LogP contribution in [-0.2, 0) is 0 Å². The van der Waals surface area contributed by atoms with Crippen LogP contribution in [0, 0.1) is 0 Å². The van der Waals surface area contributed by atoms with Gasteiger partial charge < -0.3 is 10.5 Å². The smallest absolute Gasteiger partial charge is 0.164 e. The fourth-order valence-electron chi connectivity index (χ4n) is 1.61. The summed E-state index contributed by atoms with van der Waals surface area (Å²) in [5.41, 5.74) is 6.02. The lowest BCUT2D eigenvalue weighted by Crippen LogP contribution is -2.07. The van der Waals surface area contributed by atoms with Gasteiger partial charge in [-0.15, -0.1) is 0 Å². The lowest BCUT2D eigenvalue weighted by atomic mass is 10.1. The zero-order valence-electron chi connectivity index (χ0n) is 10.0. The van der Waals surface area contributed by atoms with Crippen LogP contribution in [0.1, 0.15) is 16.8 Å². The Morgan fingerprint density at radius 3 is 2.17 bits per heavy atom. The van der Waals surface area contributed by atoms with Crippen molar-refractivity contribution in [2.24, 2.45) is 5.73 Å². The highest BCUT2D eigenvalue weighted by molar-refractivity contribution is 5.96. The molecule has 0 unspecified atom stereocenters. The van der Waals surface area contributed by atoms with E-state index in [1.165, 1.54) is 0 Å². The monoisotopic (exact) mass is 241 g/mol. The number of carbonyl (C=O) groups is 1. The van der Waals surface area contributed by atoms with Gasteiger partial charge in [0.05, 0.1) is 0 Å². The molecular weight excluding hydrogens is 226 g/mol. The Balaban J connectivity index is 2.06. The summed E-state index contributed by atoms with van der Waals surface area (Å²) in [6.07, 6.45) is 0.374. The standard InChI is InChI=1S/C15H15NO2/c16-11-10-15(17)12-6-8-14(9-7-12)18-13-4-2-1-3-5-13/h1-9H,10-11,16H2. The van der Waals surface area contributed by atoms with Crippen LogP contribution < -0.4 is 10.5 Å². The fourth-order valence-corrected chi connectivity index (χ4v) is 1.61. The predicted octanol–water partition coefficient (Wildman–Crippen LogP) is 3.01. The zero-order valence-corrected chi connectivity index (χ0v) is 10.0. The van der Waals surface area contributed by atoms with E-state index in [1.54, 1.807) is 24.3 Å². The minimum absolute atomic E-state index is 0.0590. The average Bonchev–Trinajstić information content (AvgIpc) is 2.41. The summed E-state index contributed by atoms with van der Waals surface area (Å²) in [5, 5.41) is 0. The van der Waals surface area contributed by atoms with Gasteiger partial charge in [0.25, 0.3) is 0 Å². The largest absolute Gasteiger partial charge is 0.457 e. The average molecular weight is 241 g/mol. The number of ether oxygens (including phenoxy) is 1. The van der Waals surface area contributed by atoms with Crippen LogP contribution in [0.3, 0.4) is 0 Å². The molecule has 0 aromatic heterocycles. The molecule has 0 aliphatic carbocycles. The van der Waals surface area contributed by atoms with Crippen molar-refractivity contribution in [3.8, 4) is 11.5 Å². The summed E-state index contributed by atoms with van der Waals surface area (Å²) < 4.78 is 5.64. The van der Waals surface area contributed by atoms with Crippen molar-refractivity contribution in [3.63, 3.8) is 0 Å². The SMILES string of the molecule is NCCC(=O)c1ccc(Oc2ccccc2)cc1. The van der Waals surface area contributed by atoms with Gasteiger partial charge in [0.15, 0.2) is 5.78 Å². The first-order chi connectivity index (χ1) is 8.79. The minimum atomic E-state index is 0.0590. The molecule has 0 radical (unpaired) electrons.